The number of rotatable bonds is 14. The number of oxazole rings is 1. The Hall–Kier alpha value is -4.56. The highest BCUT2D eigenvalue weighted by atomic mass is 35.7. The van der Waals surface area contributed by atoms with Gasteiger partial charge in [-0.05, 0) is 60.0 Å². The molecule has 4 aromatic carbocycles. The van der Waals surface area contributed by atoms with Crippen molar-refractivity contribution in [1.29, 1.82) is 0 Å². The third kappa shape index (κ3) is 14.3. The molecule has 1 aromatic heterocycles. The molecule has 5 rings (SSSR count). The molecule has 0 unspecified atom stereocenters. The number of benzene rings is 4. The lowest BCUT2D eigenvalue weighted by Crippen LogP contribution is -2.36. The van der Waals surface area contributed by atoms with Crippen molar-refractivity contribution in [2.75, 3.05) is 13.2 Å². The highest BCUT2D eigenvalue weighted by Crippen LogP contribution is 2.23. The Morgan fingerprint density at radius 1 is 0.843 bits per heavy atom. The van der Waals surface area contributed by atoms with Crippen molar-refractivity contribution >= 4 is 35.7 Å². The van der Waals surface area contributed by atoms with Crippen molar-refractivity contribution in [2.45, 2.75) is 45.2 Å². The van der Waals surface area contributed by atoms with Crippen LogP contribution in [0.4, 0.5) is 4.39 Å². The number of ether oxygens (including phenoxy) is 1. The molecule has 0 amide bonds. The number of nitrogens with zero attached hydrogens (tertiary/aromatic N) is 2. The van der Waals surface area contributed by atoms with Crippen molar-refractivity contribution in [3.8, 4) is 17.2 Å². The van der Waals surface area contributed by atoms with Gasteiger partial charge in [-0.25, -0.2) is 26.2 Å². The van der Waals surface area contributed by atoms with E-state index in [-0.39, 0.29) is 12.3 Å². The van der Waals surface area contributed by atoms with E-state index in [1.165, 1.54) is 12.1 Å². The summed E-state index contributed by atoms with van der Waals surface area (Å²) in [5, 5.41) is 9.31. The van der Waals surface area contributed by atoms with Gasteiger partial charge in [0.15, 0.2) is 0 Å². The average molecular weight is 759 g/mol. The van der Waals surface area contributed by atoms with Crippen molar-refractivity contribution in [3.63, 3.8) is 0 Å². The first-order valence-electron chi connectivity index (χ1n) is 15.9. The van der Waals surface area contributed by atoms with Gasteiger partial charge in [0, 0.05) is 29.2 Å². The molecule has 0 bridgehead atoms. The van der Waals surface area contributed by atoms with Crippen LogP contribution >= 0.6 is 10.7 Å². The SMILES string of the molecule is CC.Cc1oc(-c2ccccc2)nc1CCOc1cccc(CN(CC(=O)O)S(=O)(=O)Cc2ccc(F)cc2)c1.O=S(=O)(Cl)Cc1ccccc1. The van der Waals surface area contributed by atoms with Gasteiger partial charge in [-0.3, -0.25) is 4.79 Å². The van der Waals surface area contributed by atoms with Gasteiger partial charge in [0.1, 0.15) is 23.9 Å². The molecule has 0 aliphatic heterocycles. The van der Waals surface area contributed by atoms with Crippen LogP contribution in [0.2, 0.25) is 0 Å². The number of carbonyl (C=O) groups is 1. The number of carboxylic acid groups (broad SMARTS) is 1. The molecule has 0 fully saturated rings. The standard InChI is InChI=1S/C28H27FN2O6S.C7H7ClO2S.C2H6/c1-20-26(30-28(37-20)23-7-3-2-4-8-23)14-15-36-25-9-5-6-22(16-25)17-31(18-27(32)33)38(34,35)19-21-10-12-24(29)13-11-21;8-11(9,10)6-7-4-2-1-3-5-7;1-2/h2-13,16H,14-15,17-19H2,1H3,(H,32,33);1-5H,6H2;1-2H3. The molecule has 272 valence electrons. The van der Waals surface area contributed by atoms with Gasteiger partial charge in [-0.2, -0.15) is 4.31 Å². The summed E-state index contributed by atoms with van der Waals surface area (Å²) in [5.74, 6) is -0.553. The number of aryl methyl sites for hydroxylation is 1. The number of hydrogen-bond acceptors (Lipinski definition) is 8. The molecule has 5 aromatic rings. The molecular formula is C37H40ClFN2O8S2. The molecule has 0 atom stereocenters. The van der Waals surface area contributed by atoms with Gasteiger partial charge in [-0.1, -0.05) is 86.6 Å². The first kappa shape index (κ1) is 40.9. The molecule has 51 heavy (non-hydrogen) atoms. The Morgan fingerprint density at radius 2 is 1.43 bits per heavy atom. The Balaban J connectivity index is 0.000000457. The van der Waals surface area contributed by atoms with E-state index in [2.05, 4.69) is 4.98 Å². The van der Waals surface area contributed by atoms with Crippen LogP contribution in [0.1, 0.15) is 42.0 Å². The highest BCUT2D eigenvalue weighted by molar-refractivity contribution is 8.13. The van der Waals surface area contributed by atoms with Crippen molar-refractivity contribution < 1.29 is 40.3 Å². The maximum Gasteiger partial charge on any atom is 0.318 e. The minimum Gasteiger partial charge on any atom is -0.493 e. The van der Waals surface area contributed by atoms with Gasteiger partial charge >= 0.3 is 5.97 Å². The van der Waals surface area contributed by atoms with Gasteiger partial charge in [0.05, 0.1) is 23.8 Å². The summed E-state index contributed by atoms with van der Waals surface area (Å²) in [6.07, 6.45) is 0.504. The third-order valence-electron chi connectivity index (χ3n) is 6.93. The summed E-state index contributed by atoms with van der Waals surface area (Å²) in [6.45, 7) is 5.30. The van der Waals surface area contributed by atoms with E-state index in [1.807, 2.05) is 57.2 Å². The minimum atomic E-state index is -4.00. The van der Waals surface area contributed by atoms with Crippen LogP contribution in [-0.4, -0.2) is 50.4 Å². The second-order valence-electron chi connectivity index (χ2n) is 10.8. The Morgan fingerprint density at radius 3 is 2.04 bits per heavy atom. The van der Waals surface area contributed by atoms with Crippen molar-refractivity contribution in [1.82, 2.24) is 9.29 Å². The summed E-state index contributed by atoms with van der Waals surface area (Å²) in [4.78, 5) is 16.0. The third-order valence-corrected chi connectivity index (χ3v) is 9.68. The first-order valence-corrected chi connectivity index (χ1v) is 20.0. The first-order chi connectivity index (χ1) is 24.3. The fraction of sp³-hybridized carbons (Fsp3) is 0.243. The van der Waals surface area contributed by atoms with Crippen LogP contribution in [0.3, 0.4) is 0 Å². The lowest BCUT2D eigenvalue weighted by Gasteiger charge is -2.21. The summed E-state index contributed by atoms with van der Waals surface area (Å²) in [6, 6.07) is 30.3. The van der Waals surface area contributed by atoms with Crippen LogP contribution in [0.15, 0.2) is 114 Å². The van der Waals surface area contributed by atoms with Gasteiger partial charge in [0.2, 0.25) is 25.0 Å². The van der Waals surface area contributed by atoms with E-state index in [0.717, 1.165) is 27.7 Å². The van der Waals surface area contributed by atoms with Crippen LogP contribution < -0.4 is 4.74 Å². The number of carboxylic acids is 1. The minimum absolute atomic E-state index is 0.102. The molecule has 0 saturated carbocycles. The topological polar surface area (TPSA) is 144 Å². The van der Waals surface area contributed by atoms with E-state index >= 15 is 0 Å². The van der Waals surface area contributed by atoms with Crippen LogP contribution in [0.25, 0.3) is 11.5 Å². The summed E-state index contributed by atoms with van der Waals surface area (Å²) >= 11 is 0. The summed E-state index contributed by atoms with van der Waals surface area (Å²) in [7, 11) is -2.37. The molecule has 0 spiro atoms. The maximum absolute atomic E-state index is 13.2. The van der Waals surface area contributed by atoms with Gasteiger partial charge < -0.3 is 14.3 Å². The summed E-state index contributed by atoms with van der Waals surface area (Å²) in [5.41, 5.74) is 3.30. The van der Waals surface area contributed by atoms with E-state index < -0.39 is 43.2 Å². The molecule has 0 aliphatic rings. The molecule has 1 heterocycles. The molecule has 1 N–H and O–H groups in total. The fourth-order valence-electron chi connectivity index (χ4n) is 4.63. The van der Waals surface area contributed by atoms with E-state index in [1.54, 1.807) is 48.5 Å². The molecule has 10 nitrogen and oxygen atoms in total. The molecule has 0 radical (unpaired) electrons. The quantitative estimate of drug-likeness (QED) is 0.113. The zero-order valence-electron chi connectivity index (χ0n) is 28.4. The lowest BCUT2D eigenvalue weighted by atomic mass is 10.2. The van der Waals surface area contributed by atoms with E-state index in [9.17, 15) is 31.1 Å². The van der Waals surface area contributed by atoms with E-state index in [4.69, 9.17) is 19.8 Å². The largest absolute Gasteiger partial charge is 0.493 e. The maximum atomic E-state index is 13.2. The molecule has 0 saturated heterocycles. The summed E-state index contributed by atoms with van der Waals surface area (Å²) < 4.78 is 72.9. The number of halogens is 2. The monoisotopic (exact) mass is 758 g/mol. The van der Waals surface area contributed by atoms with Crippen LogP contribution in [0, 0.1) is 12.7 Å². The lowest BCUT2D eigenvalue weighted by molar-refractivity contribution is -0.137. The van der Waals surface area contributed by atoms with Crippen molar-refractivity contribution in [3.05, 3.63) is 143 Å². The Labute approximate surface area is 303 Å². The van der Waals surface area contributed by atoms with Crippen LogP contribution in [0.5, 0.6) is 5.75 Å². The predicted octanol–water partition coefficient (Wildman–Crippen LogP) is 7.61. The zero-order chi connectivity index (χ0) is 37.4. The average Bonchev–Trinajstić information content (AvgIpc) is 3.47. The molecule has 14 heteroatoms. The second-order valence-corrected chi connectivity index (χ2v) is 15.6. The molecule has 0 aliphatic carbocycles. The van der Waals surface area contributed by atoms with Gasteiger partial charge in [0.25, 0.3) is 0 Å². The second kappa shape index (κ2) is 19.7. The fourth-order valence-corrected chi connectivity index (χ4v) is 7.04. The normalized spacial score (nSPS) is 11.2. The van der Waals surface area contributed by atoms with Gasteiger partial charge in [-0.15, -0.1) is 0 Å². The predicted molar refractivity (Wildman–Crippen MR) is 196 cm³/mol. The highest BCUT2D eigenvalue weighted by Gasteiger charge is 2.25. The smallest absolute Gasteiger partial charge is 0.318 e. The Kier molecular flexibility index (Phi) is 15.8. The van der Waals surface area contributed by atoms with Crippen molar-refractivity contribution in [2.24, 2.45) is 0 Å². The van der Waals surface area contributed by atoms with Crippen LogP contribution in [-0.2, 0) is 48.3 Å². The number of aliphatic carboxylic acids is 1. The van der Waals surface area contributed by atoms with E-state index in [0.29, 0.717) is 47.1 Å². The Bertz CT molecular complexity index is 2040. The zero-order valence-corrected chi connectivity index (χ0v) is 30.8. The number of aromatic nitrogens is 1. The number of sulfonamides is 1. The molecular weight excluding hydrogens is 719 g/mol. The number of hydrogen-bond donors (Lipinski definition) is 1.